The van der Waals surface area contributed by atoms with Crippen molar-refractivity contribution in [3.8, 4) is 5.75 Å². The number of alkyl halides is 3. The largest absolute Gasteiger partial charge is 0.573 e. The van der Waals surface area contributed by atoms with E-state index in [9.17, 15) is 27.6 Å². The molecular formula is C29H37F3N4O5. The van der Waals surface area contributed by atoms with Gasteiger partial charge in [0.2, 0.25) is 5.91 Å². The van der Waals surface area contributed by atoms with Gasteiger partial charge in [-0.25, -0.2) is 10.3 Å². The summed E-state index contributed by atoms with van der Waals surface area (Å²) < 4.78 is 41.2. The molecule has 1 aliphatic rings. The van der Waals surface area contributed by atoms with Crippen molar-refractivity contribution in [2.24, 2.45) is 17.3 Å². The standard InChI is InChI=1S/C29H37F3N4O5/c1-28(2,3)21-10-8-19(9-11-21)25(18-4-6-20(7-5-18)26(38)33-17-16-24(37)36-40)35-27(39)34-22-12-14-23(15-13-22)41-29(30,31)32/h4-7,12-15,19,21,25,40H,8-11,16-17H2,1-3H3,(H,33,38)(H,36,37)(H2,34,35,39). The highest BCUT2D eigenvalue weighted by molar-refractivity contribution is 5.94. The first-order valence-corrected chi connectivity index (χ1v) is 13.5. The van der Waals surface area contributed by atoms with Gasteiger partial charge in [0.1, 0.15) is 5.75 Å². The molecule has 4 amide bonds. The Balaban J connectivity index is 1.71. The highest BCUT2D eigenvalue weighted by Crippen LogP contribution is 2.43. The Morgan fingerprint density at radius 2 is 1.56 bits per heavy atom. The Morgan fingerprint density at radius 3 is 2.10 bits per heavy atom. The molecule has 12 heteroatoms. The Labute approximate surface area is 237 Å². The summed E-state index contributed by atoms with van der Waals surface area (Å²) in [6.45, 7) is 6.74. The van der Waals surface area contributed by atoms with Gasteiger partial charge in [0.05, 0.1) is 6.04 Å². The van der Waals surface area contributed by atoms with Gasteiger partial charge in [-0.1, -0.05) is 32.9 Å². The lowest BCUT2D eigenvalue weighted by Gasteiger charge is -2.39. The number of rotatable bonds is 9. The predicted molar refractivity (Wildman–Crippen MR) is 146 cm³/mol. The highest BCUT2D eigenvalue weighted by Gasteiger charge is 2.34. The molecule has 1 atom stereocenters. The minimum Gasteiger partial charge on any atom is -0.406 e. The average molecular weight is 579 g/mol. The maximum Gasteiger partial charge on any atom is 0.573 e. The van der Waals surface area contributed by atoms with E-state index in [1.165, 1.54) is 17.6 Å². The van der Waals surface area contributed by atoms with Crippen molar-refractivity contribution in [2.45, 2.75) is 65.3 Å². The third-order valence-electron chi connectivity index (χ3n) is 7.39. The van der Waals surface area contributed by atoms with Gasteiger partial charge in [-0.2, -0.15) is 0 Å². The van der Waals surface area contributed by atoms with E-state index in [0.29, 0.717) is 17.2 Å². The van der Waals surface area contributed by atoms with Gasteiger partial charge >= 0.3 is 12.4 Å². The summed E-state index contributed by atoms with van der Waals surface area (Å²) in [4.78, 5) is 36.6. The van der Waals surface area contributed by atoms with E-state index in [1.54, 1.807) is 24.3 Å². The van der Waals surface area contributed by atoms with Crippen LogP contribution in [0.1, 0.15) is 74.8 Å². The summed E-state index contributed by atoms with van der Waals surface area (Å²) in [7, 11) is 0. The highest BCUT2D eigenvalue weighted by atomic mass is 19.4. The Hall–Kier alpha value is -3.80. The lowest BCUT2D eigenvalue weighted by Crippen LogP contribution is -2.38. The Bertz CT molecular complexity index is 1170. The number of hydroxylamine groups is 1. The second-order valence-electron chi connectivity index (χ2n) is 11.3. The summed E-state index contributed by atoms with van der Waals surface area (Å²) >= 11 is 0. The van der Waals surface area contributed by atoms with Crippen molar-refractivity contribution in [2.75, 3.05) is 11.9 Å². The maximum atomic E-state index is 13.0. The van der Waals surface area contributed by atoms with Crippen molar-refractivity contribution in [3.63, 3.8) is 0 Å². The third kappa shape index (κ3) is 9.96. The van der Waals surface area contributed by atoms with Crippen LogP contribution in [0.5, 0.6) is 5.75 Å². The van der Waals surface area contributed by atoms with Crippen LogP contribution in [0.2, 0.25) is 0 Å². The molecule has 2 aromatic carbocycles. The number of ether oxygens (including phenoxy) is 1. The molecule has 0 radical (unpaired) electrons. The minimum atomic E-state index is -4.81. The van der Waals surface area contributed by atoms with Crippen LogP contribution in [-0.4, -0.2) is 36.0 Å². The Morgan fingerprint density at radius 1 is 0.951 bits per heavy atom. The molecule has 2 aromatic rings. The van der Waals surface area contributed by atoms with E-state index in [2.05, 4.69) is 41.5 Å². The average Bonchev–Trinajstić information content (AvgIpc) is 2.91. The number of carbonyl (C=O) groups excluding carboxylic acids is 3. The second kappa shape index (κ2) is 13.7. The van der Waals surface area contributed by atoms with Crippen LogP contribution >= 0.6 is 0 Å². The van der Waals surface area contributed by atoms with E-state index in [4.69, 9.17) is 5.21 Å². The zero-order chi connectivity index (χ0) is 30.2. The number of urea groups is 1. The van der Waals surface area contributed by atoms with Gasteiger partial charge in [0.15, 0.2) is 0 Å². The molecule has 9 nitrogen and oxygen atoms in total. The summed E-state index contributed by atoms with van der Waals surface area (Å²) in [5.41, 5.74) is 3.17. The number of amides is 4. The van der Waals surface area contributed by atoms with Gasteiger partial charge in [-0.3, -0.25) is 14.8 Å². The fourth-order valence-electron chi connectivity index (χ4n) is 5.13. The molecule has 0 aliphatic heterocycles. The monoisotopic (exact) mass is 578 g/mol. The molecule has 0 saturated heterocycles. The molecule has 0 aromatic heterocycles. The first-order chi connectivity index (χ1) is 19.2. The second-order valence-corrected chi connectivity index (χ2v) is 11.3. The van der Waals surface area contributed by atoms with Crippen LogP contribution in [0.3, 0.4) is 0 Å². The molecule has 1 aliphatic carbocycles. The molecule has 1 saturated carbocycles. The van der Waals surface area contributed by atoms with Crippen LogP contribution in [0, 0.1) is 17.3 Å². The van der Waals surface area contributed by atoms with Gasteiger partial charge in [-0.15, -0.1) is 13.2 Å². The van der Waals surface area contributed by atoms with Crippen LogP contribution in [0.25, 0.3) is 0 Å². The SMILES string of the molecule is CC(C)(C)C1CCC(C(NC(=O)Nc2ccc(OC(F)(F)F)cc2)c2ccc(C(=O)NCCC(=O)NO)cc2)CC1. The van der Waals surface area contributed by atoms with Crippen molar-refractivity contribution >= 4 is 23.5 Å². The predicted octanol–water partition coefficient (Wildman–Crippen LogP) is 5.93. The van der Waals surface area contributed by atoms with E-state index < -0.39 is 24.1 Å². The molecule has 0 spiro atoms. The topological polar surface area (TPSA) is 129 Å². The normalized spacial score (nSPS) is 18.1. The van der Waals surface area contributed by atoms with Gasteiger partial charge in [-0.05, 0) is 84.9 Å². The van der Waals surface area contributed by atoms with Gasteiger partial charge in [0.25, 0.3) is 5.91 Å². The first-order valence-electron chi connectivity index (χ1n) is 13.5. The van der Waals surface area contributed by atoms with Gasteiger partial charge in [0, 0.05) is 24.2 Å². The molecule has 3 rings (SSSR count). The van der Waals surface area contributed by atoms with E-state index in [1.807, 2.05) is 0 Å². The molecule has 41 heavy (non-hydrogen) atoms. The number of hydrogen-bond donors (Lipinski definition) is 5. The van der Waals surface area contributed by atoms with Crippen molar-refractivity contribution in [3.05, 3.63) is 59.7 Å². The number of halogens is 3. The smallest absolute Gasteiger partial charge is 0.406 e. The van der Waals surface area contributed by atoms with Crippen LogP contribution in [0.4, 0.5) is 23.7 Å². The molecule has 1 unspecified atom stereocenters. The third-order valence-corrected chi connectivity index (χ3v) is 7.39. The number of anilines is 1. The van der Waals surface area contributed by atoms with E-state index in [0.717, 1.165) is 43.4 Å². The quantitative estimate of drug-likeness (QED) is 0.186. The number of nitrogens with one attached hydrogen (secondary N) is 4. The minimum absolute atomic E-state index is 0.0532. The maximum absolute atomic E-state index is 13.0. The summed E-state index contributed by atoms with van der Waals surface area (Å²) in [6.07, 6.45) is -1.07. The number of hydrogen-bond acceptors (Lipinski definition) is 5. The lowest BCUT2D eigenvalue weighted by atomic mass is 9.68. The fraction of sp³-hybridized carbons (Fsp3) is 0.483. The van der Waals surface area contributed by atoms with Crippen LogP contribution in [-0.2, 0) is 4.79 Å². The molecule has 1 fully saturated rings. The molecular weight excluding hydrogens is 541 g/mol. The number of benzene rings is 2. The van der Waals surface area contributed by atoms with Crippen LogP contribution < -0.4 is 26.2 Å². The van der Waals surface area contributed by atoms with Crippen molar-refractivity contribution in [1.29, 1.82) is 0 Å². The summed E-state index contributed by atoms with van der Waals surface area (Å²) in [5.74, 6) is -0.686. The molecule has 0 bridgehead atoms. The summed E-state index contributed by atoms with van der Waals surface area (Å²) in [5, 5.41) is 16.9. The lowest BCUT2D eigenvalue weighted by molar-refractivity contribution is -0.274. The Kier molecular flexibility index (Phi) is 10.6. The molecule has 5 N–H and O–H groups in total. The summed E-state index contributed by atoms with van der Waals surface area (Å²) in [6, 6.07) is 10.8. The molecule has 0 heterocycles. The van der Waals surface area contributed by atoms with Crippen molar-refractivity contribution < 1.29 is 37.5 Å². The van der Waals surface area contributed by atoms with E-state index >= 15 is 0 Å². The zero-order valence-electron chi connectivity index (χ0n) is 23.3. The first kappa shape index (κ1) is 31.7. The number of carbonyl (C=O) groups is 3. The fourth-order valence-corrected chi connectivity index (χ4v) is 5.13. The molecule has 224 valence electrons. The zero-order valence-corrected chi connectivity index (χ0v) is 23.3. The van der Waals surface area contributed by atoms with E-state index in [-0.39, 0.29) is 36.2 Å². The van der Waals surface area contributed by atoms with Crippen molar-refractivity contribution in [1.82, 2.24) is 16.1 Å². The van der Waals surface area contributed by atoms with Gasteiger partial charge < -0.3 is 20.7 Å². The van der Waals surface area contributed by atoms with Crippen LogP contribution in [0.15, 0.2) is 48.5 Å².